The third kappa shape index (κ3) is 19.9. The molecule has 0 aliphatic heterocycles. The van der Waals surface area contributed by atoms with Gasteiger partial charge in [-0.3, -0.25) is 23.7 Å². The molecule has 0 bridgehead atoms. The van der Waals surface area contributed by atoms with E-state index in [0.717, 1.165) is 25.7 Å². The number of aliphatic carboxylic acids is 5. The standard InChI is InChI=1S/C16H30O7S.C6H8O7.2Na/c1-2-3-4-5-6-7-8-9-10-11-12-16(15(19)20,13-14(17)18)24(21,22)23;7-3(8)1-6(13,5(11)12)2-4(9)10;;/h2-13H2,1H3,(H,17,18)(H,19,20)(H,21,22,23);13H,1-2H2,(H,7,8)(H,9,10)(H,11,12);;. The third-order valence-corrected chi connectivity index (χ3v) is 7.05. The minimum atomic E-state index is -5.01. The van der Waals surface area contributed by atoms with Crippen molar-refractivity contribution in [3.05, 3.63) is 0 Å². The molecule has 0 saturated carbocycles. The third-order valence-electron chi connectivity index (χ3n) is 5.54. The van der Waals surface area contributed by atoms with Crippen LogP contribution >= 0.6 is 0 Å². The fourth-order valence-corrected chi connectivity index (χ4v) is 4.39. The van der Waals surface area contributed by atoms with Gasteiger partial charge in [0, 0.05) is 59.1 Å². The molecule has 2 radical (unpaired) electrons. The van der Waals surface area contributed by atoms with Crippen LogP contribution in [0.4, 0.5) is 0 Å². The normalized spacial score (nSPS) is 12.4. The van der Waals surface area contributed by atoms with Crippen LogP contribution in [0.15, 0.2) is 0 Å². The minimum absolute atomic E-state index is 0. The van der Waals surface area contributed by atoms with Gasteiger partial charge in [0.25, 0.3) is 10.1 Å². The summed E-state index contributed by atoms with van der Waals surface area (Å²) in [6, 6.07) is 0. The summed E-state index contributed by atoms with van der Waals surface area (Å²) >= 11 is 0. The molecule has 39 heavy (non-hydrogen) atoms. The van der Waals surface area contributed by atoms with Crippen LogP contribution in [-0.2, 0) is 34.1 Å². The second-order valence-electron chi connectivity index (χ2n) is 8.75. The number of rotatable bonds is 20. The van der Waals surface area contributed by atoms with E-state index in [2.05, 4.69) is 6.92 Å². The Kier molecular flexibility index (Phi) is 26.5. The smallest absolute Gasteiger partial charge is 0.336 e. The van der Waals surface area contributed by atoms with Crippen LogP contribution in [0.5, 0.6) is 0 Å². The van der Waals surface area contributed by atoms with Crippen molar-refractivity contribution in [2.45, 2.75) is 107 Å². The molecule has 0 aromatic rings. The molecule has 0 amide bonds. The summed E-state index contributed by atoms with van der Waals surface area (Å²) in [4.78, 5) is 52.6. The van der Waals surface area contributed by atoms with Crippen molar-refractivity contribution >= 4 is 99.1 Å². The molecular formula is C22H38Na2O14S. The van der Waals surface area contributed by atoms with E-state index in [9.17, 15) is 36.9 Å². The van der Waals surface area contributed by atoms with Crippen molar-refractivity contribution in [3.8, 4) is 0 Å². The fraction of sp³-hybridized carbons (Fsp3) is 0.773. The van der Waals surface area contributed by atoms with Crippen LogP contribution in [0, 0.1) is 0 Å². The maximum absolute atomic E-state index is 11.4. The molecule has 0 fully saturated rings. The molecular weight excluding hydrogens is 566 g/mol. The Morgan fingerprint density at radius 2 is 0.923 bits per heavy atom. The van der Waals surface area contributed by atoms with Gasteiger partial charge >= 0.3 is 29.8 Å². The molecule has 14 nitrogen and oxygen atoms in total. The molecule has 0 heterocycles. The van der Waals surface area contributed by atoms with Crippen LogP contribution in [0.1, 0.15) is 96.8 Å². The van der Waals surface area contributed by atoms with E-state index < -0.39 is 76.0 Å². The molecule has 7 N–H and O–H groups in total. The Balaban J connectivity index is -0.000000349. The average Bonchev–Trinajstić information content (AvgIpc) is 2.72. The maximum Gasteiger partial charge on any atom is 0.336 e. The number of aliphatic hydroxyl groups is 1. The van der Waals surface area contributed by atoms with Crippen LogP contribution in [0.3, 0.4) is 0 Å². The van der Waals surface area contributed by atoms with Crippen molar-refractivity contribution in [1.29, 1.82) is 0 Å². The van der Waals surface area contributed by atoms with Gasteiger partial charge in [0.2, 0.25) is 4.75 Å². The van der Waals surface area contributed by atoms with E-state index >= 15 is 0 Å². The summed E-state index contributed by atoms with van der Waals surface area (Å²) in [7, 11) is -5.01. The van der Waals surface area contributed by atoms with E-state index in [1.165, 1.54) is 25.7 Å². The molecule has 218 valence electrons. The molecule has 0 aliphatic rings. The predicted octanol–water partition coefficient (Wildman–Crippen LogP) is 1.47. The second kappa shape index (κ2) is 22.9. The van der Waals surface area contributed by atoms with Crippen molar-refractivity contribution in [3.63, 3.8) is 0 Å². The van der Waals surface area contributed by atoms with Crippen LogP contribution in [-0.4, -0.2) is 143 Å². The van der Waals surface area contributed by atoms with Gasteiger partial charge < -0.3 is 30.6 Å². The van der Waals surface area contributed by atoms with E-state index in [0.29, 0.717) is 6.42 Å². The number of unbranched alkanes of at least 4 members (excludes halogenated alkanes) is 9. The first-order valence-corrected chi connectivity index (χ1v) is 13.2. The number of carbonyl (C=O) groups is 5. The quantitative estimate of drug-likeness (QED) is 0.0590. The van der Waals surface area contributed by atoms with E-state index in [1.807, 2.05) is 0 Å². The molecule has 0 aromatic heterocycles. The Bertz CT molecular complexity index is 862. The Morgan fingerprint density at radius 3 is 1.18 bits per heavy atom. The molecule has 0 saturated heterocycles. The van der Waals surface area contributed by atoms with Crippen molar-refractivity contribution in [2.24, 2.45) is 0 Å². The molecule has 17 heteroatoms. The SMILES string of the molecule is CCCCCCCCCCCCC(CC(=O)O)(C(=O)O)S(=O)(=O)O.O=C(O)CC(O)(CC(=O)O)C(=O)O.[Na].[Na]. The van der Waals surface area contributed by atoms with Gasteiger partial charge in [-0.1, -0.05) is 71.1 Å². The van der Waals surface area contributed by atoms with Crippen molar-refractivity contribution in [1.82, 2.24) is 0 Å². The monoisotopic (exact) mass is 604 g/mol. The van der Waals surface area contributed by atoms with Crippen LogP contribution in [0.2, 0.25) is 0 Å². The largest absolute Gasteiger partial charge is 0.481 e. The second-order valence-corrected chi connectivity index (χ2v) is 10.5. The fourth-order valence-electron chi connectivity index (χ4n) is 3.46. The van der Waals surface area contributed by atoms with E-state index in [4.69, 9.17) is 30.6 Å². The Labute approximate surface area is 271 Å². The molecule has 1 atom stereocenters. The first-order chi connectivity index (χ1) is 16.9. The van der Waals surface area contributed by atoms with E-state index in [-0.39, 0.29) is 65.5 Å². The first kappa shape index (κ1) is 45.2. The topological polar surface area (TPSA) is 261 Å². The predicted molar refractivity (Wildman–Crippen MR) is 139 cm³/mol. The van der Waals surface area contributed by atoms with Gasteiger partial charge in [-0.05, 0) is 6.42 Å². The van der Waals surface area contributed by atoms with Gasteiger partial charge in [0.15, 0.2) is 5.60 Å². The van der Waals surface area contributed by atoms with Gasteiger partial charge in [-0.2, -0.15) is 8.42 Å². The van der Waals surface area contributed by atoms with Gasteiger partial charge in [-0.25, -0.2) is 4.79 Å². The number of carboxylic acids is 5. The summed E-state index contributed by atoms with van der Waals surface area (Å²) in [6.07, 6.45) is 5.98. The zero-order valence-electron chi connectivity index (χ0n) is 22.8. The molecule has 0 aliphatic carbocycles. The Hall–Kier alpha value is -0.780. The van der Waals surface area contributed by atoms with Gasteiger partial charge in [-0.15, -0.1) is 0 Å². The number of hydrogen-bond donors (Lipinski definition) is 7. The van der Waals surface area contributed by atoms with Crippen molar-refractivity contribution in [2.75, 3.05) is 0 Å². The molecule has 1 unspecified atom stereocenters. The molecule has 0 spiro atoms. The summed E-state index contributed by atoms with van der Waals surface area (Å²) < 4.78 is 29.4. The summed E-state index contributed by atoms with van der Waals surface area (Å²) in [5.41, 5.74) is -2.74. The summed E-state index contributed by atoms with van der Waals surface area (Å²) in [5.74, 6) is -8.40. The summed E-state index contributed by atoms with van der Waals surface area (Å²) in [6.45, 7) is 2.16. The number of carboxylic acid groups (broad SMARTS) is 5. The zero-order valence-corrected chi connectivity index (χ0v) is 27.6. The van der Waals surface area contributed by atoms with Crippen molar-refractivity contribution < 1.29 is 67.6 Å². The maximum atomic E-state index is 11.4. The average molecular weight is 605 g/mol. The first-order valence-electron chi connectivity index (χ1n) is 11.8. The zero-order chi connectivity index (χ0) is 29.3. The number of hydrogen-bond acceptors (Lipinski definition) is 8. The van der Waals surface area contributed by atoms with Gasteiger partial charge in [0.05, 0.1) is 19.3 Å². The van der Waals surface area contributed by atoms with Gasteiger partial charge in [0.1, 0.15) is 0 Å². The van der Waals surface area contributed by atoms with E-state index in [1.54, 1.807) is 0 Å². The minimum Gasteiger partial charge on any atom is -0.481 e. The molecule has 0 rings (SSSR count). The Morgan fingerprint density at radius 1 is 0.590 bits per heavy atom. The summed E-state index contributed by atoms with van der Waals surface area (Å²) in [5, 5.41) is 51.7. The van der Waals surface area contributed by atoms with Crippen LogP contribution in [0.25, 0.3) is 0 Å². The molecule has 0 aromatic carbocycles. The van der Waals surface area contributed by atoms with Crippen LogP contribution < -0.4 is 0 Å².